The van der Waals surface area contributed by atoms with Crippen LogP contribution in [-0.4, -0.2) is 42.3 Å². The summed E-state index contributed by atoms with van der Waals surface area (Å²) < 4.78 is 25.2. The summed E-state index contributed by atoms with van der Waals surface area (Å²) in [5, 5.41) is 5.20. The van der Waals surface area contributed by atoms with Crippen molar-refractivity contribution in [1.82, 2.24) is 0 Å². The topological polar surface area (TPSA) is 49.9 Å². The van der Waals surface area contributed by atoms with E-state index in [1.54, 1.807) is 21.1 Å². The third kappa shape index (κ3) is 5.40. The normalized spacial score (nSPS) is 19.0. The standard InChI is InChI=1S/C35H38Cl2N2O3S/c1-20-13-26-33(31-21(2)19-43-34(20)31)23(16-37)18-38(26)29(40)11-8-12-30(41)39-17-22(15-36)32-25-10-7-6-9-24(25)28(14-27(32)39)42-35(3,4)5/h6-7,9-10,13-14,19,22-23H,8,11-12,15-18H2,1-5H3/t22-,23-/m1/s1/i8D2. The van der Waals surface area contributed by atoms with Crippen molar-refractivity contribution in [3.63, 3.8) is 0 Å². The first-order chi connectivity index (χ1) is 21.2. The molecule has 0 radical (unpaired) electrons. The van der Waals surface area contributed by atoms with Crippen molar-refractivity contribution in [1.29, 1.82) is 0 Å². The minimum absolute atomic E-state index is 0.0394. The Morgan fingerprint density at radius 3 is 2.12 bits per heavy atom. The molecule has 4 aromatic rings. The molecule has 226 valence electrons. The van der Waals surface area contributed by atoms with Crippen LogP contribution in [0.4, 0.5) is 11.4 Å². The van der Waals surface area contributed by atoms with Gasteiger partial charge in [0.2, 0.25) is 11.8 Å². The fourth-order valence-electron chi connectivity index (χ4n) is 6.61. The van der Waals surface area contributed by atoms with E-state index in [1.165, 1.54) is 4.70 Å². The van der Waals surface area contributed by atoms with Crippen molar-refractivity contribution in [2.45, 2.75) is 71.3 Å². The van der Waals surface area contributed by atoms with E-state index < -0.39 is 24.8 Å². The molecule has 0 fully saturated rings. The summed E-state index contributed by atoms with van der Waals surface area (Å²) in [6, 6.07) is 11.9. The second-order valence-electron chi connectivity index (χ2n) is 12.6. The van der Waals surface area contributed by atoms with Crippen LogP contribution in [0.2, 0.25) is 0 Å². The zero-order chi connectivity index (χ0) is 32.4. The van der Waals surface area contributed by atoms with Crippen LogP contribution in [0.1, 0.15) is 76.8 Å². The fourth-order valence-corrected chi connectivity index (χ4v) is 8.16. The molecule has 0 saturated carbocycles. The molecule has 3 heterocycles. The average molecular weight is 640 g/mol. The Morgan fingerprint density at radius 2 is 1.51 bits per heavy atom. The molecular formula is C35H38Cl2N2O3S. The number of fused-ring (bicyclic) bond motifs is 6. The number of hydrogen-bond donors (Lipinski definition) is 0. The Morgan fingerprint density at radius 1 is 0.930 bits per heavy atom. The predicted molar refractivity (Wildman–Crippen MR) is 181 cm³/mol. The SMILES string of the molecule is [2H]C([2H])(CC(=O)N1C[C@@H](CCl)c2c1cc(OC(C)(C)C)c1ccccc21)CC(=O)N1C[C@@H](CCl)c2c1cc(C)c1scc(C)c21. The molecule has 2 atom stereocenters. The van der Waals surface area contributed by atoms with E-state index in [9.17, 15) is 9.59 Å². The van der Waals surface area contributed by atoms with E-state index in [1.807, 2.05) is 64.1 Å². The molecule has 0 aliphatic carbocycles. The second-order valence-corrected chi connectivity index (χ2v) is 14.1. The van der Waals surface area contributed by atoms with E-state index in [0.29, 0.717) is 36.3 Å². The number of halogens is 2. The van der Waals surface area contributed by atoms with Gasteiger partial charge in [0, 0.05) is 79.5 Å². The number of carbonyl (C=O) groups excluding carboxylic acids is 2. The van der Waals surface area contributed by atoms with Gasteiger partial charge < -0.3 is 14.5 Å². The van der Waals surface area contributed by atoms with Crippen LogP contribution in [0.25, 0.3) is 20.9 Å². The molecule has 5 nitrogen and oxygen atoms in total. The maximum absolute atomic E-state index is 13.9. The fraction of sp³-hybridized carbons (Fsp3) is 0.429. The summed E-state index contributed by atoms with van der Waals surface area (Å²) >= 11 is 14.5. The maximum Gasteiger partial charge on any atom is 0.227 e. The van der Waals surface area contributed by atoms with Gasteiger partial charge >= 0.3 is 0 Å². The van der Waals surface area contributed by atoms with Gasteiger partial charge in [-0.3, -0.25) is 9.59 Å². The summed E-state index contributed by atoms with van der Waals surface area (Å²) in [7, 11) is 0. The number of aryl methyl sites for hydroxylation is 2. The first-order valence-corrected chi connectivity index (χ1v) is 16.7. The zero-order valence-electron chi connectivity index (χ0n) is 27.2. The van der Waals surface area contributed by atoms with Gasteiger partial charge in [0.15, 0.2) is 0 Å². The highest BCUT2D eigenvalue weighted by Gasteiger charge is 2.37. The second kappa shape index (κ2) is 11.6. The molecule has 0 N–H and O–H groups in total. The predicted octanol–water partition coefficient (Wildman–Crippen LogP) is 9.06. The third-order valence-corrected chi connectivity index (χ3v) is 10.4. The maximum atomic E-state index is 13.9. The number of nitrogens with zero attached hydrogens (tertiary/aromatic N) is 2. The van der Waals surface area contributed by atoms with E-state index in [2.05, 4.69) is 12.3 Å². The highest BCUT2D eigenvalue weighted by molar-refractivity contribution is 7.17. The van der Waals surface area contributed by atoms with Gasteiger partial charge in [0.25, 0.3) is 0 Å². The van der Waals surface area contributed by atoms with Gasteiger partial charge in [-0.25, -0.2) is 0 Å². The third-order valence-electron chi connectivity index (χ3n) is 8.41. The van der Waals surface area contributed by atoms with Gasteiger partial charge in [0.05, 0.1) is 5.69 Å². The van der Waals surface area contributed by atoms with Gasteiger partial charge in [-0.1, -0.05) is 24.3 Å². The number of benzene rings is 3. The Bertz CT molecular complexity index is 1830. The zero-order valence-corrected chi connectivity index (χ0v) is 27.6. The molecule has 0 bridgehead atoms. The first-order valence-electron chi connectivity index (χ1n) is 15.7. The van der Waals surface area contributed by atoms with Crippen LogP contribution in [0, 0.1) is 13.8 Å². The van der Waals surface area contributed by atoms with E-state index in [4.69, 9.17) is 30.7 Å². The average Bonchev–Trinajstić information content (AvgIpc) is 3.65. The molecule has 6 rings (SSSR count). The number of alkyl halides is 2. The molecule has 2 amide bonds. The van der Waals surface area contributed by atoms with Crippen molar-refractivity contribution in [3.05, 3.63) is 64.0 Å². The summed E-state index contributed by atoms with van der Waals surface area (Å²) in [6.07, 6.45) is -2.91. The van der Waals surface area contributed by atoms with Gasteiger partial charge in [-0.05, 0) is 80.1 Å². The van der Waals surface area contributed by atoms with Crippen LogP contribution in [0.15, 0.2) is 41.8 Å². The van der Waals surface area contributed by atoms with E-state index >= 15 is 0 Å². The number of carbonyl (C=O) groups is 2. The summed E-state index contributed by atoms with van der Waals surface area (Å²) in [4.78, 5) is 30.9. The van der Waals surface area contributed by atoms with Crippen molar-refractivity contribution in [2.24, 2.45) is 0 Å². The number of anilines is 2. The lowest BCUT2D eigenvalue weighted by Crippen LogP contribution is -2.32. The highest BCUT2D eigenvalue weighted by Crippen LogP contribution is 2.48. The quantitative estimate of drug-likeness (QED) is 0.190. The van der Waals surface area contributed by atoms with E-state index in [-0.39, 0.29) is 23.7 Å². The molecule has 2 aliphatic heterocycles. The summed E-state index contributed by atoms with van der Waals surface area (Å²) in [5.74, 6) is 0.462. The Labute approximate surface area is 270 Å². The molecule has 43 heavy (non-hydrogen) atoms. The van der Waals surface area contributed by atoms with Crippen molar-refractivity contribution >= 4 is 78.6 Å². The van der Waals surface area contributed by atoms with Crippen molar-refractivity contribution < 1.29 is 17.1 Å². The minimum Gasteiger partial charge on any atom is -0.487 e. The van der Waals surface area contributed by atoms with Crippen LogP contribution in [-0.2, 0) is 9.59 Å². The number of ether oxygens (including phenoxy) is 1. The summed E-state index contributed by atoms with van der Waals surface area (Å²) in [6.45, 7) is 10.8. The number of amides is 2. The highest BCUT2D eigenvalue weighted by atomic mass is 35.5. The summed E-state index contributed by atoms with van der Waals surface area (Å²) in [5.41, 5.74) is 5.30. The lowest BCUT2D eigenvalue weighted by molar-refractivity contribution is -0.119. The Hall–Kier alpha value is -2.80. The molecular weight excluding hydrogens is 599 g/mol. The number of hydrogen-bond acceptors (Lipinski definition) is 4. The monoisotopic (exact) mass is 638 g/mol. The molecule has 1 aromatic heterocycles. The molecule has 3 aromatic carbocycles. The molecule has 0 spiro atoms. The number of thiophene rings is 1. The van der Waals surface area contributed by atoms with Crippen LogP contribution < -0.4 is 14.5 Å². The van der Waals surface area contributed by atoms with Crippen molar-refractivity contribution in [3.8, 4) is 5.75 Å². The molecule has 8 heteroatoms. The van der Waals surface area contributed by atoms with E-state index in [0.717, 1.165) is 44.1 Å². The first kappa shape index (κ1) is 27.7. The smallest absolute Gasteiger partial charge is 0.227 e. The lowest BCUT2D eigenvalue weighted by Gasteiger charge is -2.25. The van der Waals surface area contributed by atoms with Crippen LogP contribution in [0.3, 0.4) is 0 Å². The van der Waals surface area contributed by atoms with Gasteiger partial charge in [0.1, 0.15) is 11.4 Å². The Kier molecular flexibility index (Phi) is 7.48. The van der Waals surface area contributed by atoms with Crippen LogP contribution in [0.5, 0.6) is 5.75 Å². The molecule has 2 aliphatic rings. The number of rotatable bonds is 7. The molecule has 0 saturated heterocycles. The van der Waals surface area contributed by atoms with Gasteiger partial charge in [-0.15, -0.1) is 34.5 Å². The Balaban J connectivity index is 1.27. The van der Waals surface area contributed by atoms with Crippen molar-refractivity contribution in [2.75, 3.05) is 34.6 Å². The van der Waals surface area contributed by atoms with Crippen LogP contribution >= 0.6 is 34.5 Å². The largest absolute Gasteiger partial charge is 0.487 e. The molecule has 0 unspecified atom stereocenters. The minimum atomic E-state index is -2.06. The lowest BCUT2D eigenvalue weighted by atomic mass is 9.95. The van der Waals surface area contributed by atoms with Gasteiger partial charge in [-0.2, -0.15) is 0 Å².